The number of methoxy groups -OCH3 is 2. The van der Waals surface area contributed by atoms with Crippen molar-refractivity contribution in [3.05, 3.63) is 59.7 Å². The monoisotopic (exact) mass is 412 g/mol. The summed E-state index contributed by atoms with van der Waals surface area (Å²) in [6.45, 7) is 4.78. The Labute approximate surface area is 179 Å². The van der Waals surface area contributed by atoms with E-state index in [1.165, 1.54) is 0 Å². The lowest BCUT2D eigenvalue weighted by Crippen LogP contribution is -2.48. The van der Waals surface area contributed by atoms with Gasteiger partial charge in [-0.2, -0.15) is 0 Å². The molecule has 30 heavy (non-hydrogen) atoms. The molecule has 1 atom stereocenters. The van der Waals surface area contributed by atoms with Crippen LogP contribution in [0, 0.1) is 0 Å². The van der Waals surface area contributed by atoms with Gasteiger partial charge in [-0.15, -0.1) is 0 Å². The maximum absolute atomic E-state index is 13.2. The first-order chi connectivity index (χ1) is 14.5. The van der Waals surface area contributed by atoms with Crippen LogP contribution in [0.5, 0.6) is 11.5 Å². The minimum atomic E-state index is -0.584. The maximum Gasteiger partial charge on any atom is 0.242 e. The molecule has 6 nitrogen and oxygen atoms in total. The highest BCUT2D eigenvalue weighted by Crippen LogP contribution is 2.18. The molecule has 0 radical (unpaired) electrons. The van der Waals surface area contributed by atoms with Crippen LogP contribution in [0.2, 0.25) is 0 Å². The van der Waals surface area contributed by atoms with Crippen LogP contribution in [-0.4, -0.2) is 43.5 Å². The van der Waals surface area contributed by atoms with E-state index in [9.17, 15) is 9.59 Å². The van der Waals surface area contributed by atoms with Crippen molar-refractivity contribution in [3.63, 3.8) is 0 Å². The molecule has 2 amide bonds. The third kappa shape index (κ3) is 6.79. The van der Waals surface area contributed by atoms with Gasteiger partial charge in [0, 0.05) is 13.1 Å². The van der Waals surface area contributed by atoms with E-state index in [2.05, 4.69) is 12.2 Å². The molecule has 1 unspecified atom stereocenters. The molecular weight excluding hydrogens is 380 g/mol. The number of hydrogen-bond acceptors (Lipinski definition) is 4. The Morgan fingerprint density at radius 3 is 2.33 bits per heavy atom. The fourth-order valence-corrected chi connectivity index (χ4v) is 3.11. The Hall–Kier alpha value is -3.02. The van der Waals surface area contributed by atoms with Crippen molar-refractivity contribution in [1.29, 1.82) is 0 Å². The Kier molecular flexibility index (Phi) is 9.19. The standard InChI is InChI=1S/C24H32N2O4/c1-5-6-14-25-24(28)18(2)26(17-20-8-7-9-22(15-20)30-4)23(27)16-19-10-12-21(29-3)13-11-19/h7-13,15,18H,5-6,14,16-17H2,1-4H3,(H,25,28). The number of unbranched alkanes of at least 4 members (excludes halogenated alkanes) is 1. The Morgan fingerprint density at radius 1 is 1.00 bits per heavy atom. The number of carbonyl (C=O) groups is 2. The number of rotatable bonds is 11. The molecule has 162 valence electrons. The summed E-state index contributed by atoms with van der Waals surface area (Å²) in [6, 6.07) is 14.4. The van der Waals surface area contributed by atoms with Gasteiger partial charge >= 0.3 is 0 Å². The van der Waals surface area contributed by atoms with Crippen LogP contribution in [0.3, 0.4) is 0 Å². The molecule has 0 bridgehead atoms. The third-order valence-electron chi connectivity index (χ3n) is 5.00. The van der Waals surface area contributed by atoms with Gasteiger partial charge in [0.15, 0.2) is 0 Å². The quantitative estimate of drug-likeness (QED) is 0.573. The highest BCUT2D eigenvalue weighted by Gasteiger charge is 2.26. The van der Waals surface area contributed by atoms with Gasteiger partial charge in [-0.05, 0) is 48.7 Å². The molecule has 6 heteroatoms. The zero-order chi connectivity index (χ0) is 21.9. The first-order valence-electron chi connectivity index (χ1n) is 10.3. The van der Waals surface area contributed by atoms with E-state index in [1.807, 2.05) is 48.5 Å². The summed E-state index contributed by atoms with van der Waals surface area (Å²) in [4.78, 5) is 27.5. The van der Waals surface area contributed by atoms with E-state index in [4.69, 9.17) is 9.47 Å². The normalized spacial score (nSPS) is 11.5. The van der Waals surface area contributed by atoms with E-state index in [0.29, 0.717) is 13.1 Å². The summed E-state index contributed by atoms with van der Waals surface area (Å²) in [7, 11) is 3.21. The lowest BCUT2D eigenvalue weighted by atomic mass is 10.1. The van der Waals surface area contributed by atoms with Crippen molar-refractivity contribution in [1.82, 2.24) is 10.2 Å². The zero-order valence-corrected chi connectivity index (χ0v) is 18.3. The van der Waals surface area contributed by atoms with Crippen LogP contribution in [0.15, 0.2) is 48.5 Å². The first-order valence-corrected chi connectivity index (χ1v) is 10.3. The SMILES string of the molecule is CCCCNC(=O)C(C)N(Cc1cccc(OC)c1)C(=O)Cc1ccc(OC)cc1. The van der Waals surface area contributed by atoms with Gasteiger partial charge in [-0.25, -0.2) is 0 Å². The van der Waals surface area contributed by atoms with Crippen molar-refractivity contribution < 1.29 is 19.1 Å². The van der Waals surface area contributed by atoms with Crippen molar-refractivity contribution in [2.75, 3.05) is 20.8 Å². The summed E-state index contributed by atoms with van der Waals surface area (Å²) in [5.74, 6) is 1.20. The van der Waals surface area contributed by atoms with E-state index in [1.54, 1.807) is 26.0 Å². The molecule has 2 aromatic carbocycles. The summed E-state index contributed by atoms with van der Waals surface area (Å²) in [5, 5.41) is 2.93. The van der Waals surface area contributed by atoms with Gasteiger partial charge in [-0.1, -0.05) is 37.6 Å². The summed E-state index contributed by atoms with van der Waals surface area (Å²) >= 11 is 0. The van der Waals surface area contributed by atoms with E-state index >= 15 is 0 Å². The summed E-state index contributed by atoms with van der Waals surface area (Å²) in [6.07, 6.45) is 2.12. The minimum Gasteiger partial charge on any atom is -0.497 e. The van der Waals surface area contributed by atoms with Crippen LogP contribution in [0.1, 0.15) is 37.8 Å². The van der Waals surface area contributed by atoms with Gasteiger partial charge in [0.1, 0.15) is 17.5 Å². The van der Waals surface area contributed by atoms with Gasteiger partial charge in [-0.3, -0.25) is 9.59 Å². The molecule has 1 N–H and O–H groups in total. The second kappa shape index (κ2) is 11.9. The van der Waals surface area contributed by atoms with Crippen molar-refractivity contribution in [2.45, 2.75) is 45.7 Å². The van der Waals surface area contributed by atoms with Crippen LogP contribution >= 0.6 is 0 Å². The number of benzene rings is 2. The first kappa shape index (κ1) is 23.3. The molecule has 0 aliphatic carbocycles. The topological polar surface area (TPSA) is 67.9 Å². The predicted octanol–water partition coefficient (Wildman–Crippen LogP) is 3.58. The molecule has 0 spiro atoms. The third-order valence-corrected chi connectivity index (χ3v) is 5.00. The van der Waals surface area contributed by atoms with Crippen LogP contribution in [-0.2, 0) is 22.6 Å². The van der Waals surface area contributed by atoms with Crippen molar-refractivity contribution in [2.24, 2.45) is 0 Å². The number of nitrogens with zero attached hydrogens (tertiary/aromatic N) is 1. The van der Waals surface area contributed by atoms with Crippen LogP contribution in [0.25, 0.3) is 0 Å². The number of ether oxygens (including phenoxy) is 2. The highest BCUT2D eigenvalue weighted by molar-refractivity contribution is 5.88. The molecule has 0 aliphatic heterocycles. The average Bonchev–Trinajstić information content (AvgIpc) is 2.77. The van der Waals surface area contributed by atoms with E-state index in [-0.39, 0.29) is 18.2 Å². The predicted molar refractivity (Wildman–Crippen MR) is 118 cm³/mol. The molecule has 2 aromatic rings. The lowest BCUT2D eigenvalue weighted by molar-refractivity contribution is -0.140. The molecule has 0 aromatic heterocycles. The summed E-state index contributed by atoms with van der Waals surface area (Å²) < 4.78 is 10.5. The number of carbonyl (C=O) groups excluding carboxylic acids is 2. The Balaban J connectivity index is 2.19. The fourth-order valence-electron chi connectivity index (χ4n) is 3.11. The van der Waals surface area contributed by atoms with Gasteiger partial charge in [0.25, 0.3) is 0 Å². The number of nitrogens with one attached hydrogen (secondary N) is 1. The minimum absolute atomic E-state index is 0.110. The molecule has 0 heterocycles. The van der Waals surface area contributed by atoms with Crippen molar-refractivity contribution in [3.8, 4) is 11.5 Å². The smallest absolute Gasteiger partial charge is 0.242 e. The van der Waals surface area contributed by atoms with Crippen LogP contribution in [0.4, 0.5) is 0 Å². The van der Waals surface area contributed by atoms with Crippen LogP contribution < -0.4 is 14.8 Å². The second-order valence-electron chi connectivity index (χ2n) is 7.22. The van der Waals surface area contributed by atoms with Gasteiger partial charge in [0.2, 0.25) is 11.8 Å². The molecule has 2 rings (SSSR count). The van der Waals surface area contributed by atoms with E-state index in [0.717, 1.165) is 35.5 Å². The second-order valence-corrected chi connectivity index (χ2v) is 7.22. The molecule has 0 aliphatic rings. The Morgan fingerprint density at radius 2 is 1.70 bits per heavy atom. The lowest BCUT2D eigenvalue weighted by Gasteiger charge is -2.29. The summed E-state index contributed by atoms with van der Waals surface area (Å²) in [5.41, 5.74) is 1.78. The van der Waals surface area contributed by atoms with Crippen molar-refractivity contribution >= 4 is 11.8 Å². The molecule has 0 fully saturated rings. The zero-order valence-electron chi connectivity index (χ0n) is 18.3. The molecule has 0 saturated heterocycles. The fraction of sp³-hybridized carbons (Fsp3) is 0.417. The van der Waals surface area contributed by atoms with E-state index < -0.39 is 6.04 Å². The number of hydrogen-bond donors (Lipinski definition) is 1. The highest BCUT2D eigenvalue weighted by atomic mass is 16.5. The number of amides is 2. The largest absolute Gasteiger partial charge is 0.497 e. The maximum atomic E-state index is 13.2. The molecule has 0 saturated carbocycles. The van der Waals surface area contributed by atoms with Gasteiger partial charge < -0.3 is 19.7 Å². The molecular formula is C24H32N2O4. The van der Waals surface area contributed by atoms with Gasteiger partial charge in [0.05, 0.1) is 20.6 Å². The average molecular weight is 413 g/mol. The Bertz CT molecular complexity index is 820.